The van der Waals surface area contributed by atoms with Gasteiger partial charge in [0.25, 0.3) is 0 Å². The van der Waals surface area contributed by atoms with Crippen LogP contribution >= 0.6 is 0 Å². The fourth-order valence-electron chi connectivity index (χ4n) is 1.21. The summed E-state index contributed by atoms with van der Waals surface area (Å²) in [4.78, 5) is 21.6. The van der Waals surface area contributed by atoms with Crippen LogP contribution in [0.2, 0.25) is 0 Å². The molecule has 0 aliphatic heterocycles. The summed E-state index contributed by atoms with van der Waals surface area (Å²) >= 11 is 0. The molecule has 96 valence electrons. The number of nitrogens with zero attached hydrogens (tertiary/aromatic N) is 5. The van der Waals surface area contributed by atoms with Crippen LogP contribution in [-0.2, 0) is 22.6 Å². The monoisotopic (exact) mass is 252 g/mol. The molecule has 0 aliphatic rings. The van der Waals surface area contributed by atoms with Crippen molar-refractivity contribution in [3.63, 3.8) is 0 Å². The molecule has 0 aromatic carbocycles. The fourth-order valence-corrected chi connectivity index (χ4v) is 1.21. The van der Waals surface area contributed by atoms with Gasteiger partial charge in [0.15, 0.2) is 5.82 Å². The minimum atomic E-state index is -1.11. The number of nitriles is 1. The molecule has 0 saturated carbocycles. The first-order valence-electron chi connectivity index (χ1n) is 5.24. The number of tetrazole rings is 1. The Morgan fingerprint density at radius 3 is 2.94 bits per heavy atom. The van der Waals surface area contributed by atoms with E-state index < -0.39 is 18.4 Å². The third-order valence-corrected chi connectivity index (χ3v) is 2.02. The fraction of sp³-hybridized carbons (Fsp3) is 0.556. The summed E-state index contributed by atoms with van der Waals surface area (Å²) in [5.41, 5.74) is 0. The maximum atomic E-state index is 11.4. The van der Waals surface area contributed by atoms with Crippen molar-refractivity contribution in [3.8, 4) is 6.07 Å². The third-order valence-electron chi connectivity index (χ3n) is 2.02. The van der Waals surface area contributed by atoms with Crippen molar-refractivity contribution in [3.05, 3.63) is 5.82 Å². The van der Waals surface area contributed by atoms with Crippen molar-refractivity contribution >= 4 is 11.9 Å². The Morgan fingerprint density at radius 2 is 2.28 bits per heavy atom. The first-order valence-corrected chi connectivity index (χ1v) is 5.24. The molecule has 0 aliphatic carbocycles. The number of carboxylic acid groups (broad SMARTS) is 1. The molecule has 1 heterocycles. The molecule has 1 rings (SSSR count). The van der Waals surface area contributed by atoms with Gasteiger partial charge < -0.3 is 10.4 Å². The molecule has 0 atom stereocenters. The van der Waals surface area contributed by atoms with Crippen LogP contribution in [0.3, 0.4) is 0 Å². The molecular formula is C9H12N6O3. The summed E-state index contributed by atoms with van der Waals surface area (Å²) in [6.45, 7) is 0.0108. The van der Waals surface area contributed by atoms with Crippen LogP contribution in [0.15, 0.2) is 0 Å². The summed E-state index contributed by atoms with van der Waals surface area (Å²) in [6.07, 6.45) is 0.878. The predicted octanol–water partition coefficient (Wildman–Crippen LogP) is -1.28. The zero-order valence-electron chi connectivity index (χ0n) is 9.54. The summed E-state index contributed by atoms with van der Waals surface area (Å²) < 4.78 is 1.43. The Hall–Kier alpha value is -2.50. The molecule has 18 heavy (non-hydrogen) atoms. The molecule has 0 unspecified atom stereocenters. The SMILES string of the molecule is N#CCCCn1nnnc1CC(=O)NCC(=O)O. The Bertz CT molecular complexity index is 463. The number of amides is 1. The van der Waals surface area contributed by atoms with Crippen LogP contribution in [0.4, 0.5) is 0 Å². The maximum absolute atomic E-state index is 11.4. The summed E-state index contributed by atoms with van der Waals surface area (Å²) in [5, 5.41) is 29.8. The lowest BCUT2D eigenvalue weighted by atomic mass is 10.3. The van der Waals surface area contributed by atoms with E-state index in [0.29, 0.717) is 25.2 Å². The molecule has 1 aromatic heterocycles. The second-order valence-corrected chi connectivity index (χ2v) is 3.43. The number of unbranched alkanes of at least 4 members (excludes halogenated alkanes) is 1. The van der Waals surface area contributed by atoms with Crippen molar-refractivity contribution < 1.29 is 14.7 Å². The highest BCUT2D eigenvalue weighted by Gasteiger charge is 2.11. The zero-order chi connectivity index (χ0) is 13.4. The van der Waals surface area contributed by atoms with Crippen molar-refractivity contribution in [2.45, 2.75) is 25.8 Å². The maximum Gasteiger partial charge on any atom is 0.322 e. The molecule has 2 N–H and O–H groups in total. The lowest BCUT2D eigenvalue weighted by Gasteiger charge is -2.03. The Balaban J connectivity index is 2.46. The average molecular weight is 252 g/mol. The van der Waals surface area contributed by atoms with Crippen molar-refractivity contribution in [2.24, 2.45) is 0 Å². The van der Waals surface area contributed by atoms with E-state index in [-0.39, 0.29) is 6.42 Å². The van der Waals surface area contributed by atoms with Crippen LogP contribution in [0.25, 0.3) is 0 Å². The smallest absolute Gasteiger partial charge is 0.322 e. The molecule has 1 amide bonds. The standard InChI is InChI=1S/C9H12N6O3/c10-3-1-2-4-15-7(12-13-14-15)5-8(16)11-6-9(17)18/h1-2,4-6H2,(H,11,16)(H,17,18). The van der Waals surface area contributed by atoms with Gasteiger partial charge in [-0.2, -0.15) is 5.26 Å². The number of rotatable bonds is 7. The first kappa shape index (κ1) is 13.6. The van der Waals surface area contributed by atoms with E-state index in [1.165, 1.54) is 4.68 Å². The van der Waals surface area contributed by atoms with E-state index in [2.05, 4.69) is 20.8 Å². The average Bonchev–Trinajstić information content (AvgIpc) is 2.74. The van der Waals surface area contributed by atoms with Crippen molar-refractivity contribution in [1.29, 1.82) is 5.26 Å². The predicted molar refractivity (Wildman–Crippen MR) is 57.0 cm³/mol. The van der Waals surface area contributed by atoms with Gasteiger partial charge in [-0.15, -0.1) is 5.10 Å². The number of carbonyl (C=O) groups is 2. The van der Waals surface area contributed by atoms with Gasteiger partial charge in [0.05, 0.1) is 12.5 Å². The highest BCUT2D eigenvalue weighted by atomic mass is 16.4. The van der Waals surface area contributed by atoms with Crippen LogP contribution in [0.5, 0.6) is 0 Å². The number of carbonyl (C=O) groups excluding carboxylic acids is 1. The summed E-state index contributed by atoms with van der Waals surface area (Å²) in [7, 11) is 0. The molecule has 0 bridgehead atoms. The van der Waals surface area contributed by atoms with Gasteiger partial charge in [0.2, 0.25) is 5.91 Å². The van der Waals surface area contributed by atoms with E-state index in [9.17, 15) is 9.59 Å². The van der Waals surface area contributed by atoms with Gasteiger partial charge in [-0.1, -0.05) is 0 Å². The van der Waals surface area contributed by atoms with Gasteiger partial charge in [-0.25, -0.2) is 4.68 Å². The quantitative estimate of drug-likeness (QED) is 0.577. The number of nitrogens with one attached hydrogen (secondary N) is 1. The minimum Gasteiger partial charge on any atom is -0.480 e. The Morgan fingerprint density at radius 1 is 1.50 bits per heavy atom. The van der Waals surface area contributed by atoms with E-state index in [4.69, 9.17) is 10.4 Å². The number of hydrogen-bond donors (Lipinski definition) is 2. The Labute approximate surface area is 102 Å². The number of aromatic nitrogens is 4. The molecule has 9 heteroatoms. The van der Waals surface area contributed by atoms with Crippen LogP contribution < -0.4 is 5.32 Å². The highest BCUT2D eigenvalue weighted by Crippen LogP contribution is 1.98. The molecule has 0 radical (unpaired) electrons. The molecule has 1 aromatic rings. The Kier molecular flexibility index (Phi) is 5.24. The normalized spacial score (nSPS) is 9.72. The number of carboxylic acids is 1. The van der Waals surface area contributed by atoms with E-state index in [0.717, 1.165) is 0 Å². The highest BCUT2D eigenvalue weighted by molar-refractivity contribution is 5.82. The number of hydrogen-bond acceptors (Lipinski definition) is 6. The molecular weight excluding hydrogens is 240 g/mol. The van der Waals surface area contributed by atoms with Gasteiger partial charge in [0.1, 0.15) is 6.54 Å². The van der Waals surface area contributed by atoms with Crippen molar-refractivity contribution in [2.75, 3.05) is 6.54 Å². The number of aliphatic carboxylic acids is 1. The van der Waals surface area contributed by atoms with Gasteiger partial charge >= 0.3 is 5.97 Å². The lowest BCUT2D eigenvalue weighted by Crippen LogP contribution is -2.31. The van der Waals surface area contributed by atoms with Crippen LogP contribution in [-0.4, -0.2) is 43.7 Å². The van der Waals surface area contributed by atoms with Gasteiger partial charge in [0, 0.05) is 13.0 Å². The molecule has 9 nitrogen and oxygen atoms in total. The van der Waals surface area contributed by atoms with Crippen molar-refractivity contribution in [1.82, 2.24) is 25.5 Å². The largest absolute Gasteiger partial charge is 0.480 e. The first-order chi connectivity index (χ1) is 8.63. The lowest BCUT2D eigenvalue weighted by molar-refractivity contribution is -0.137. The topological polar surface area (TPSA) is 134 Å². The summed E-state index contributed by atoms with van der Waals surface area (Å²) in [5.74, 6) is -1.23. The molecule has 0 saturated heterocycles. The van der Waals surface area contributed by atoms with E-state index >= 15 is 0 Å². The molecule has 0 spiro atoms. The minimum absolute atomic E-state index is 0.0904. The second kappa shape index (κ2) is 6.95. The van der Waals surface area contributed by atoms with Crippen LogP contribution in [0, 0.1) is 11.3 Å². The van der Waals surface area contributed by atoms with Crippen LogP contribution in [0.1, 0.15) is 18.7 Å². The zero-order valence-corrected chi connectivity index (χ0v) is 9.54. The second-order valence-electron chi connectivity index (χ2n) is 3.43. The third kappa shape index (κ3) is 4.56. The van der Waals surface area contributed by atoms with Gasteiger partial charge in [-0.05, 0) is 16.8 Å². The molecule has 0 fully saturated rings. The summed E-state index contributed by atoms with van der Waals surface area (Å²) in [6, 6.07) is 2.00. The van der Waals surface area contributed by atoms with E-state index in [1.54, 1.807) is 0 Å². The van der Waals surface area contributed by atoms with Gasteiger partial charge in [-0.3, -0.25) is 9.59 Å². The number of aryl methyl sites for hydroxylation is 1. The van der Waals surface area contributed by atoms with E-state index in [1.807, 2.05) is 6.07 Å².